The van der Waals surface area contributed by atoms with E-state index >= 15 is 0 Å². The van der Waals surface area contributed by atoms with Crippen molar-refractivity contribution in [2.75, 3.05) is 44.8 Å². The van der Waals surface area contributed by atoms with Crippen LogP contribution in [0.1, 0.15) is 120 Å². The van der Waals surface area contributed by atoms with Crippen molar-refractivity contribution in [1.29, 1.82) is 0 Å². The van der Waals surface area contributed by atoms with Crippen molar-refractivity contribution in [3.63, 3.8) is 0 Å². The first-order valence-electron chi connectivity index (χ1n) is 19.8. The van der Waals surface area contributed by atoms with Gasteiger partial charge in [0, 0.05) is 59.9 Å². The summed E-state index contributed by atoms with van der Waals surface area (Å²) in [7, 11) is 0.802. The van der Waals surface area contributed by atoms with E-state index < -0.39 is 10.8 Å². The Bertz CT molecular complexity index is 1670. The number of allylic oxidation sites excluding steroid dienone is 2. The highest BCUT2D eigenvalue weighted by atomic mass is 32.2. The molecule has 278 valence electrons. The van der Waals surface area contributed by atoms with Crippen LogP contribution in [0, 0.1) is 45.3 Å². The molecule has 6 aliphatic rings. The molecule has 9 heteroatoms. The SMILES string of the molecule is COC(=O)c1ccc(C2=CCC3(C)C(CCC4(C)C3CCC3C5C(c6nnco6)CCC5(NCCN5CCS(=O)CC5)CC[C@]34C)C2(C)C)cc1. The van der Waals surface area contributed by atoms with E-state index in [2.05, 4.69) is 73.2 Å². The third-order valence-corrected chi connectivity index (χ3v) is 17.8. The van der Waals surface area contributed by atoms with Crippen LogP contribution in [0.5, 0.6) is 0 Å². The Hall–Kier alpha value is -2.36. The summed E-state index contributed by atoms with van der Waals surface area (Å²) in [6, 6.07) is 8.09. The Balaban J connectivity index is 1.08. The van der Waals surface area contributed by atoms with Crippen LogP contribution >= 0.6 is 0 Å². The molecule has 5 fully saturated rings. The predicted octanol–water partition coefficient (Wildman–Crippen LogP) is 7.50. The molecule has 4 saturated carbocycles. The van der Waals surface area contributed by atoms with Gasteiger partial charge >= 0.3 is 5.97 Å². The summed E-state index contributed by atoms with van der Waals surface area (Å²) in [5.74, 6) is 4.84. The minimum atomic E-state index is -0.642. The van der Waals surface area contributed by atoms with E-state index in [4.69, 9.17) is 9.15 Å². The maximum atomic E-state index is 12.2. The second-order valence-electron chi connectivity index (χ2n) is 18.5. The monoisotopic (exact) mass is 716 g/mol. The fraction of sp³-hybridized carbons (Fsp3) is 0.738. The smallest absolute Gasteiger partial charge is 0.337 e. The minimum absolute atomic E-state index is 0.0302. The van der Waals surface area contributed by atoms with Gasteiger partial charge < -0.3 is 19.4 Å². The third-order valence-electron chi connectivity index (χ3n) is 16.5. The highest BCUT2D eigenvalue weighted by Crippen LogP contribution is 2.77. The van der Waals surface area contributed by atoms with Gasteiger partial charge in [0.15, 0.2) is 0 Å². The number of nitrogens with zero attached hydrogens (tertiary/aromatic N) is 3. The number of nitrogens with one attached hydrogen (secondary N) is 1. The molecule has 5 aliphatic carbocycles. The lowest BCUT2D eigenvalue weighted by Gasteiger charge is -2.72. The van der Waals surface area contributed by atoms with Crippen LogP contribution < -0.4 is 5.32 Å². The maximum absolute atomic E-state index is 12.2. The van der Waals surface area contributed by atoms with Crippen molar-refractivity contribution in [1.82, 2.24) is 20.4 Å². The summed E-state index contributed by atoms with van der Waals surface area (Å²) >= 11 is 0. The number of carbonyl (C=O) groups excluding carboxylic acids is 1. The first kappa shape index (κ1) is 35.7. The standard InChI is InChI=1S/C42H60N4O4S/c1-38(2)31(28-7-9-29(10-8-28)37(47)49-6)14-16-39(3)33(38)15-17-41(5)34(39)12-11-32-35-30(36-45-44-27-50-36)13-18-42(35,20-19-40(32,41)4)43-21-22-46-23-25-51(48)26-24-46/h7-10,14,27,30,32-35,43H,11-13,15-26H2,1-6H3/t30?,32?,33?,34?,35?,39?,40-,41?,42?/m1/s1. The fourth-order valence-corrected chi connectivity index (χ4v) is 15.0. The summed E-state index contributed by atoms with van der Waals surface area (Å²) in [5.41, 5.74) is 4.12. The van der Waals surface area contributed by atoms with Crippen molar-refractivity contribution < 1.29 is 18.2 Å². The molecule has 2 aromatic rings. The van der Waals surface area contributed by atoms with Gasteiger partial charge in [-0.15, -0.1) is 10.2 Å². The van der Waals surface area contributed by atoms with Crippen molar-refractivity contribution in [3.8, 4) is 0 Å². The molecule has 1 aliphatic heterocycles. The quantitative estimate of drug-likeness (QED) is 0.294. The molecular weight excluding hydrogens is 657 g/mol. The number of benzene rings is 1. The molecule has 0 spiro atoms. The number of fused-ring (bicyclic) bond motifs is 7. The average molecular weight is 717 g/mol. The van der Waals surface area contributed by atoms with Crippen LogP contribution in [0.25, 0.3) is 5.57 Å². The maximum Gasteiger partial charge on any atom is 0.337 e. The van der Waals surface area contributed by atoms with Gasteiger partial charge in [-0.2, -0.15) is 0 Å². The van der Waals surface area contributed by atoms with Gasteiger partial charge in [0.2, 0.25) is 12.3 Å². The molecule has 2 heterocycles. The first-order chi connectivity index (χ1) is 24.4. The van der Waals surface area contributed by atoms with E-state index in [-0.39, 0.29) is 33.2 Å². The van der Waals surface area contributed by atoms with Crippen LogP contribution in [0.15, 0.2) is 41.2 Å². The molecule has 9 atom stereocenters. The molecule has 8 unspecified atom stereocenters. The summed E-state index contributed by atoms with van der Waals surface area (Å²) in [6.45, 7) is 16.9. The fourth-order valence-electron chi connectivity index (χ4n) is 13.9. The zero-order chi connectivity index (χ0) is 35.8. The molecule has 1 N–H and O–H groups in total. The molecule has 1 aromatic heterocycles. The van der Waals surface area contributed by atoms with Crippen molar-refractivity contribution >= 4 is 22.3 Å². The zero-order valence-corrected chi connectivity index (χ0v) is 32.7. The van der Waals surface area contributed by atoms with Gasteiger partial charge in [-0.25, -0.2) is 4.79 Å². The van der Waals surface area contributed by atoms with E-state index in [1.54, 1.807) is 0 Å². The molecule has 1 aromatic carbocycles. The number of esters is 1. The number of aromatic nitrogens is 2. The van der Waals surface area contributed by atoms with E-state index in [1.807, 2.05) is 12.1 Å². The normalized spacial score (nSPS) is 40.7. The number of hydrogen-bond acceptors (Lipinski definition) is 8. The van der Waals surface area contributed by atoms with Gasteiger partial charge in [-0.1, -0.05) is 52.8 Å². The number of carbonyl (C=O) groups is 1. The summed E-state index contributed by atoms with van der Waals surface area (Å²) in [5, 5.41) is 13.0. The minimum Gasteiger partial charge on any atom is -0.465 e. The molecule has 8 nitrogen and oxygen atoms in total. The topological polar surface area (TPSA) is 97.6 Å². The Morgan fingerprint density at radius 3 is 2.43 bits per heavy atom. The van der Waals surface area contributed by atoms with Gasteiger partial charge in [0.1, 0.15) is 0 Å². The van der Waals surface area contributed by atoms with Crippen LogP contribution in [-0.2, 0) is 15.5 Å². The highest BCUT2D eigenvalue weighted by Gasteiger charge is 2.70. The van der Waals surface area contributed by atoms with E-state index in [9.17, 15) is 9.00 Å². The number of rotatable bonds is 7. The summed E-state index contributed by atoms with van der Waals surface area (Å²) in [6.07, 6.45) is 15.0. The number of methoxy groups -OCH3 is 1. The second-order valence-corrected chi connectivity index (χ2v) is 20.2. The van der Waals surface area contributed by atoms with Crippen LogP contribution in [-0.4, -0.2) is 75.6 Å². The van der Waals surface area contributed by atoms with Gasteiger partial charge in [-0.3, -0.25) is 4.21 Å². The Kier molecular flexibility index (Phi) is 9.02. The van der Waals surface area contributed by atoms with E-state index in [0.717, 1.165) is 56.4 Å². The second kappa shape index (κ2) is 12.9. The van der Waals surface area contributed by atoms with E-state index in [0.29, 0.717) is 35.2 Å². The Labute approximate surface area is 307 Å². The number of ether oxygens (including phenoxy) is 1. The highest BCUT2D eigenvalue weighted by molar-refractivity contribution is 7.85. The molecule has 0 amide bonds. The van der Waals surface area contributed by atoms with Crippen molar-refractivity contribution in [2.45, 2.75) is 104 Å². The average Bonchev–Trinajstić information content (AvgIpc) is 3.78. The lowest BCUT2D eigenvalue weighted by atomic mass is 9.33. The zero-order valence-electron chi connectivity index (χ0n) is 31.8. The van der Waals surface area contributed by atoms with Crippen LogP contribution in [0.2, 0.25) is 0 Å². The lowest BCUT2D eigenvalue weighted by Crippen LogP contribution is -2.68. The predicted molar refractivity (Wildman–Crippen MR) is 201 cm³/mol. The number of hydrogen-bond donors (Lipinski definition) is 1. The molecule has 8 rings (SSSR count). The third kappa shape index (κ3) is 5.47. The van der Waals surface area contributed by atoms with E-state index in [1.165, 1.54) is 69.6 Å². The van der Waals surface area contributed by atoms with Gasteiger partial charge in [0.05, 0.1) is 12.7 Å². The molecule has 0 bridgehead atoms. The molecule has 51 heavy (non-hydrogen) atoms. The Morgan fingerprint density at radius 1 is 0.961 bits per heavy atom. The Morgan fingerprint density at radius 2 is 1.73 bits per heavy atom. The van der Waals surface area contributed by atoms with Crippen LogP contribution in [0.4, 0.5) is 0 Å². The molecule has 1 saturated heterocycles. The largest absolute Gasteiger partial charge is 0.465 e. The van der Waals surface area contributed by atoms with Crippen molar-refractivity contribution in [3.05, 3.63) is 53.8 Å². The van der Waals surface area contributed by atoms with Gasteiger partial charge in [-0.05, 0) is 126 Å². The molecule has 0 radical (unpaired) electrons. The lowest BCUT2D eigenvalue weighted by molar-refractivity contribution is -0.218. The molecular formula is C42H60N4O4S. The summed E-state index contributed by atoms with van der Waals surface area (Å²) in [4.78, 5) is 14.7. The summed E-state index contributed by atoms with van der Waals surface area (Å²) < 4.78 is 23.0. The first-order valence-corrected chi connectivity index (χ1v) is 21.3. The van der Waals surface area contributed by atoms with Crippen LogP contribution in [0.3, 0.4) is 0 Å². The van der Waals surface area contributed by atoms with Gasteiger partial charge in [0.25, 0.3) is 0 Å². The van der Waals surface area contributed by atoms with Crippen molar-refractivity contribution in [2.24, 2.45) is 45.3 Å².